The number of hydrogen-bond donors (Lipinski definition) is 1. The van der Waals surface area contributed by atoms with Crippen molar-refractivity contribution in [2.45, 2.75) is 34.1 Å². The third kappa shape index (κ3) is 4.32. The molecular weight excluding hydrogens is 354 g/mol. The lowest BCUT2D eigenvalue weighted by Crippen LogP contribution is -2.42. The molecule has 0 atom stereocenters. The fourth-order valence-corrected chi connectivity index (χ4v) is 3.04. The highest BCUT2D eigenvalue weighted by atomic mass is 16.5. The summed E-state index contributed by atoms with van der Waals surface area (Å²) in [5.41, 5.74) is 1.28. The minimum Gasteiger partial charge on any atom is -0.490 e. The van der Waals surface area contributed by atoms with Gasteiger partial charge in [0.05, 0.1) is 11.1 Å². The number of anilines is 2. The Labute approximate surface area is 165 Å². The average molecular weight is 381 g/mol. The largest absolute Gasteiger partial charge is 0.490 e. The van der Waals surface area contributed by atoms with Gasteiger partial charge in [-0.1, -0.05) is 13.8 Å². The highest BCUT2D eigenvalue weighted by molar-refractivity contribution is 6.05. The Morgan fingerprint density at radius 2 is 1.96 bits per heavy atom. The van der Waals surface area contributed by atoms with Crippen molar-refractivity contribution in [3.05, 3.63) is 48.3 Å². The van der Waals surface area contributed by atoms with E-state index in [-0.39, 0.29) is 11.8 Å². The molecule has 0 saturated heterocycles. The fraction of sp³-hybridized carbons (Fsp3) is 0.409. The molecule has 28 heavy (non-hydrogen) atoms. The first-order valence-corrected chi connectivity index (χ1v) is 9.58. The Hall–Kier alpha value is -2.89. The van der Waals surface area contributed by atoms with Crippen LogP contribution in [-0.2, 0) is 4.79 Å². The van der Waals surface area contributed by atoms with Crippen molar-refractivity contribution in [1.82, 2.24) is 4.98 Å². The Kier molecular flexibility index (Phi) is 5.68. The van der Waals surface area contributed by atoms with Crippen LogP contribution >= 0.6 is 0 Å². The number of amides is 2. The molecule has 6 heteroatoms. The highest BCUT2D eigenvalue weighted by Gasteiger charge is 2.37. The van der Waals surface area contributed by atoms with Crippen molar-refractivity contribution >= 4 is 23.2 Å². The molecule has 0 fully saturated rings. The zero-order valence-corrected chi connectivity index (χ0v) is 16.9. The summed E-state index contributed by atoms with van der Waals surface area (Å²) in [5.74, 6) is 0.933. The standard InChI is InChI=1S/C22H27N3O3/c1-15(2)9-12-25-18-6-5-17(24-20(26)16-7-10-23-11-8-16)13-19(18)28-14-22(3,4)21(25)27/h5-8,10-11,13,15H,9,12,14H2,1-4H3,(H,24,26). The number of benzene rings is 1. The van der Waals surface area contributed by atoms with Gasteiger partial charge in [0.2, 0.25) is 5.91 Å². The van der Waals surface area contributed by atoms with E-state index >= 15 is 0 Å². The van der Waals surface area contributed by atoms with Crippen LogP contribution < -0.4 is 15.0 Å². The van der Waals surface area contributed by atoms with Crippen molar-refractivity contribution < 1.29 is 14.3 Å². The predicted octanol–water partition coefficient (Wildman–Crippen LogP) is 4.13. The molecule has 0 unspecified atom stereocenters. The summed E-state index contributed by atoms with van der Waals surface area (Å²) in [6.07, 6.45) is 4.06. The zero-order chi connectivity index (χ0) is 20.3. The molecule has 3 rings (SSSR count). The van der Waals surface area contributed by atoms with Crippen LogP contribution in [0.4, 0.5) is 11.4 Å². The van der Waals surface area contributed by atoms with Gasteiger partial charge in [0.1, 0.15) is 12.4 Å². The van der Waals surface area contributed by atoms with Crippen molar-refractivity contribution in [1.29, 1.82) is 0 Å². The van der Waals surface area contributed by atoms with E-state index in [2.05, 4.69) is 24.1 Å². The number of pyridine rings is 1. The zero-order valence-electron chi connectivity index (χ0n) is 16.9. The van der Waals surface area contributed by atoms with Crippen molar-refractivity contribution in [2.75, 3.05) is 23.4 Å². The quantitative estimate of drug-likeness (QED) is 0.845. The van der Waals surface area contributed by atoms with Gasteiger partial charge in [-0.25, -0.2) is 0 Å². The van der Waals surface area contributed by atoms with E-state index in [9.17, 15) is 9.59 Å². The number of rotatable bonds is 5. The highest BCUT2D eigenvalue weighted by Crippen LogP contribution is 2.38. The van der Waals surface area contributed by atoms with Crippen molar-refractivity contribution in [3.8, 4) is 5.75 Å². The summed E-state index contributed by atoms with van der Waals surface area (Å²) in [4.78, 5) is 31.2. The molecule has 0 saturated carbocycles. The maximum absolute atomic E-state index is 13.1. The molecule has 0 aliphatic carbocycles. The van der Waals surface area contributed by atoms with Gasteiger partial charge in [0.15, 0.2) is 0 Å². The molecule has 6 nitrogen and oxygen atoms in total. The monoisotopic (exact) mass is 381 g/mol. The minimum absolute atomic E-state index is 0.0560. The molecule has 0 bridgehead atoms. The molecular formula is C22H27N3O3. The maximum Gasteiger partial charge on any atom is 0.255 e. The number of nitrogens with zero attached hydrogens (tertiary/aromatic N) is 2. The van der Waals surface area contributed by atoms with Gasteiger partial charge >= 0.3 is 0 Å². The second-order valence-electron chi connectivity index (χ2n) is 8.18. The molecule has 2 aromatic rings. The Bertz CT molecular complexity index is 863. The smallest absolute Gasteiger partial charge is 0.255 e. The van der Waals surface area contributed by atoms with Gasteiger partial charge in [-0.2, -0.15) is 0 Å². The normalized spacial score (nSPS) is 15.6. The topological polar surface area (TPSA) is 71.5 Å². The van der Waals surface area contributed by atoms with E-state index in [0.29, 0.717) is 36.1 Å². The molecule has 1 aromatic heterocycles. The molecule has 0 radical (unpaired) electrons. The summed E-state index contributed by atoms with van der Waals surface area (Å²) in [7, 11) is 0. The molecule has 0 spiro atoms. The summed E-state index contributed by atoms with van der Waals surface area (Å²) in [6.45, 7) is 9.01. The summed E-state index contributed by atoms with van der Waals surface area (Å²) in [5, 5.41) is 2.88. The first-order chi connectivity index (χ1) is 13.3. The molecule has 2 amide bonds. The Morgan fingerprint density at radius 3 is 2.64 bits per heavy atom. The summed E-state index contributed by atoms with van der Waals surface area (Å²) < 4.78 is 5.98. The van der Waals surface area contributed by atoms with Crippen LogP contribution in [0.15, 0.2) is 42.7 Å². The van der Waals surface area contributed by atoms with E-state index in [1.165, 1.54) is 0 Å². The van der Waals surface area contributed by atoms with Gasteiger partial charge in [-0.3, -0.25) is 14.6 Å². The minimum atomic E-state index is -0.615. The molecule has 148 valence electrons. The van der Waals surface area contributed by atoms with Crippen LogP contribution in [0.2, 0.25) is 0 Å². The number of carbonyl (C=O) groups is 2. The lowest BCUT2D eigenvalue weighted by atomic mass is 9.92. The maximum atomic E-state index is 13.1. The third-order valence-electron chi connectivity index (χ3n) is 4.79. The Morgan fingerprint density at radius 1 is 1.25 bits per heavy atom. The lowest BCUT2D eigenvalue weighted by Gasteiger charge is -2.28. The van der Waals surface area contributed by atoms with E-state index in [0.717, 1.165) is 12.1 Å². The van der Waals surface area contributed by atoms with E-state index < -0.39 is 5.41 Å². The molecule has 1 N–H and O–H groups in total. The van der Waals surface area contributed by atoms with Crippen molar-refractivity contribution in [3.63, 3.8) is 0 Å². The molecule has 2 heterocycles. The van der Waals surface area contributed by atoms with Gasteiger partial charge in [-0.05, 0) is 50.5 Å². The molecule has 1 aliphatic heterocycles. The molecule has 1 aromatic carbocycles. The summed E-state index contributed by atoms with van der Waals surface area (Å²) in [6, 6.07) is 8.74. The number of aromatic nitrogens is 1. The van der Waals surface area contributed by atoms with Gasteiger partial charge in [0.25, 0.3) is 5.91 Å². The van der Waals surface area contributed by atoms with E-state index in [1.54, 1.807) is 36.7 Å². The van der Waals surface area contributed by atoms with Gasteiger partial charge < -0.3 is 15.0 Å². The number of hydrogen-bond acceptors (Lipinski definition) is 4. The SMILES string of the molecule is CC(C)CCN1C(=O)C(C)(C)COc2cc(NC(=O)c3ccncc3)ccc21. The number of ether oxygens (including phenoxy) is 1. The lowest BCUT2D eigenvalue weighted by molar-refractivity contribution is -0.127. The van der Waals surface area contributed by atoms with Crippen molar-refractivity contribution in [2.24, 2.45) is 11.3 Å². The fourth-order valence-electron chi connectivity index (χ4n) is 3.04. The predicted molar refractivity (Wildman–Crippen MR) is 110 cm³/mol. The first-order valence-electron chi connectivity index (χ1n) is 9.58. The second kappa shape index (κ2) is 8.00. The van der Waals surface area contributed by atoms with E-state index in [1.807, 2.05) is 24.8 Å². The van der Waals surface area contributed by atoms with Crippen LogP contribution in [0.1, 0.15) is 44.5 Å². The second-order valence-corrected chi connectivity index (χ2v) is 8.18. The van der Waals surface area contributed by atoms with Crippen LogP contribution in [-0.4, -0.2) is 29.9 Å². The van der Waals surface area contributed by atoms with Crippen LogP contribution in [0.3, 0.4) is 0 Å². The number of nitrogens with one attached hydrogen (secondary N) is 1. The van der Waals surface area contributed by atoms with Crippen LogP contribution in [0, 0.1) is 11.3 Å². The number of fused-ring (bicyclic) bond motifs is 1. The van der Waals surface area contributed by atoms with Gasteiger partial charge in [-0.15, -0.1) is 0 Å². The molecule has 1 aliphatic rings. The first kappa shape index (κ1) is 19.9. The van der Waals surface area contributed by atoms with Crippen LogP contribution in [0.25, 0.3) is 0 Å². The number of carbonyl (C=O) groups excluding carboxylic acids is 2. The van der Waals surface area contributed by atoms with Crippen LogP contribution in [0.5, 0.6) is 5.75 Å². The van der Waals surface area contributed by atoms with E-state index in [4.69, 9.17) is 4.74 Å². The third-order valence-corrected chi connectivity index (χ3v) is 4.79. The Balaban J connectivity index is 1.88. The van der Waals surface area contributed by atoms with Gasteiger partial charge in [0, 0.05) is 36.3 Å². The summed E-state index contributed by atoms with van der Waals surface area (Å²) >= 11 is 0. The average Bonchev–Trinajstić information content (AvgIpc) is 2.76.